The van der Waals surface area contributed by atoms with Crippen LogP contribution in [-0.2, 0) is 5.75 Å². The van der Waals surface area contributed by atoms with Crippen molar-refractivity contribution in [2.24, 2.45) is 0 Å². The van der Waals surface area contributed by atoms with E-state index in [1.54, 1.807) is 17.8 Å². The molecule has 0 heterocycles. The molecule has 0 fully saturated rings. The Kier molecular flexibility index (Phi) is 5.04. The molecule has 5 heteroatoms. The molecule has 0 bridgehead atoms. The van der Waals surface area contributed by atoms with E-state index in [2.05, 4.69) is 5.32 Å². The van der Waals surface area contributed by atoms with Crippen molar-refractivity contribution in [1.29, 1.82) is 0 Å². The van der Waals surface area contributed by atoms with Gasteiger partial charge in [-0.3, -0.25) is 4.79 Å². The van der Waals surface area contributed by atoms with Gasteiger partial charge >= 0.3 is 0 Å². The number of halogens is 2. The monoisotopic (exact) mass is 309 g/mol. The number of carbonyl (C=O) groups excluding carboxylic acids is 1. The van der Waals surface area contributed by atoms with Crippen LogP contribution < -0.4 is 5.32 Å². The van der Waals surface area contributed by atoms with Gasteiger partial charge < -0.3 is 5.32 Å². The van der Waals surface area contributed by atoms with E-state index in [1.165, 1.54) is 18.2 Å². The van der Waals surface area contributed by atoms with Gasteiger partial charge in [0.05, 0.1) is 5.02 Å². The predicted octanol–water partition coefficient (Wildman–Crippen LogP) is 4.59. The third-order valence-corrected chi connectivity index (χ3v) is 3.59. The van der Waals surface area contributed by atoms with Crippen LogP contribution in [0.2, 0.25) is 5.02 Å². The van der Waals surface area contributed by atoms with E-state index in [1.807, 2.05) is 24.5 Å². The minimum absolute atomic E-state index is 0.0149. The first-order chi connectivity index (χ1) is 9.60. The van der Waals surface area contributed by atoms with Gasteiger partial charge in [0.25, 0.3) is 5.91 Å². The fraction of sp³-hybridized carbons (Fsp3) is 0.133. The van der Waals surface area contributed by atoms with Crippen LogP contribution in [0.3, 0.4) is 0 Å². The maximum atomic E-state index is 13.0. The van der Waals surface area contributed by atoms with E-state index >= 15 is 0 Å². The standard InChI is InChI=1S/C15H13ClFNOS/c1-20-9-10-3-2-4-11(7-10)15(19)18-12-5-6-14(17)13(16)8-12/h2-8H,9H2,1H3,(H,18,19). The summed E-state index contributed by atoms with van der Waals surface area (Å²) in [6.45, 7) is 0. The molecule has 1 N–H and O–H groups in total. The molecule has 2 aromatic rings. The Balaban J connectivity index is 2.15. The van der Waals surface area contributed by atoms with Crippen molar-refractivity contribution in [2.45, 2.75) is 5.75 Å². The summed E-state index contributed by atoms with van der Waals surface area (Å²) in [5.41, 5.74) is 2.12. The van der Waals surface area contributed by atoms with Crippen molar-refractivity contribution < 1.29 is 9.18 Å². The quantitative estimate of drug-likeness (QED) is 0.894. The second-order valence-corrected chi connectivity index (χ2v) is 5.49. The summed E-state index contributed by atoms with van der Waals surface area (Å²) in [4.78, 5) is 12.1. The molecule has 2 rings (SSSR count). The summed E-state index contributed by atoms with van der Waals surface area (Å²) in [5, 5.41) is 2.68. The van der Waals surface area contributed by atoms with Crippen LogP contribution >= 0.6 is 23.4 Å². The number of amides is 1. The summed E-state index contributed by atoms with van der Waals surface area (Å²) in [6.07, 6.45) is 2.01. The van der Waals surface area contributed by atoms with Gasteiger partial charge in [-0.05, 0) is 42.2 Å². The molecule has 0 saturated heterocycles. The SMILES string of the molecule is CSCc1cccc(C(=O)Nc2ccc(F)c(Cl)c2)c1. The van der Waals surface area contributed by atoms with E-state index in [0.29, 0.717) is 11.3 Å². The molecule has 0 saturated carbocycles. The van der Waals surface area contributed by atoms with E-state index < -0.39 is 5.82 Å². The van der Waals surface area contributed by atoms with Crippen molar-refractivity contribution in [3.63, 3.8) is 0 Å². The van der Waals surface area contributed by atoms with Crippen LogP contribution in [0.5, 0.6) is 0 Å². The molecular weight excluding hydrogens is 297 g/mol. The third kappa shape index (κ3) is 3.74. The molecule has 0 atom stereocenters. The number of hydrogen-bond acceptors (Lipinski definition) is 2. The molecule has 0 radical (unpaired) electrons. The molecule has 2 nitrogen and oxygen atoms in total. The fourth-order valence-electron chi connectivity index (χ4n) is 1.75. The highest BCUT2D eigenvalue weighted by molar-refractivity contribution is 7.97. The van der Waals surface area contributed by atoms with Crippen LogP contribution in [-0.4, -0.2) is 12.2 Å². The summed E-state index contributed by atoms with van der Waals surface area (Å²) >= 11 is 7.37. The molecule has 20 heavy (non-hydrogen) atoms. The van der Waals surface area contributed by atoms with Crippen molar-refractivity contribution in [1.82, 2.24) is 0 Å². The topological polar surface area (TPSA) is 29.1 Å². The minimum atomic E-state index is -0.508. The lowest BCUT2D eigenvalue weighted by molar-refractivity contribution is 0.102. The number of carbonyl (C=O) groups is 1. The number of rotatable bonds is 4. The first kappa shape index (κ1) is 14.9. The first-order valence-corrected chi connectivity index (χ1v) is 7.71. The second-order valence-electron chi connectivity index (χ2n) is 4.22. The second kappa shape index (κ2) is 6.77. The van der Waals surface area contributed by atoms with Crippen LogP contribution in [0.25, 0.3) is 0 Å². The number of benzene rings is 2. The molecule has 0 aliphatic heterocycles. The van der Waals surface area contributed by atoms with E-state index in [9.17, 15) is 9.18 Å². The Morgan fingerprint density at radius 2 is 2.10 bits per heavy atom. The number of nitrogens with one attached hydrogen (secondary N) is 1. The van der Waals surface area contributed by atoms with Crippen LogP contribution in [0, 0.1) is 5.82 Å². The van der Waals surface area contributed by atoms with Crippen molar-refractivity contribution >= 4 is 35.0 Å². The van der Waals surface area contributed by atoms with Crippen molar-refractivity contribution in [3.8, 4) is 0 Å². The highest BCUT2D eigenvalue weighted by Crippen LogP contribution is 2.20. The molecule has 0 aliphatic rings. The van der Waals surface area contributed by atoms with Gasteiger partial charge in [-0.2, -0.15) is 11.8 Å². The van der Waals surface area contributed by atoms with Gasteiger partial charge in [-0.25, -0.2) is 4.39 Å². The van der Waals surface area contributed by atoms with Crippen molar-refractivity contribution in [2.75, 3.05) is 11.6 Å². The van der Waals surface area contributed by atoms with Crippen LogP contribution in [0.4, 0.5) is 10.1 Å². The molecule has 2 aromatic carbocycles. The molecular formula is C15H13ClFNOS. The smallest absolute Gasteiger partial charge is 0.255 e. The van der Waals surface area contributed by atoms with E-state index in [-0.39, 0.29) is 10.9 Å². The van der Waals surface area contributed by atoms with Gasteiger partial charge in [0.15, 0.2) is 0 Å². The Hall–Kier alpha value is -1.52. The zero-order chi connectivity index (χ0) is 14.5. The molecule has 0 spiro atoms. The molecule has 104 valence electrons. The lowest BCUT2D eigenvalue weighted by Gasteiger charge is -2.07. The van der Waals surface area contributed by atoms with Gasteiger partial charge in [0.2, 0.25) is 0 Å². The van der Waals surface area contributed by atoms with Gasteiger partial charge in [0.1, 0.15) is 5.82 Å². The zero-order valence-corrected chi connectivity index (χ0v) is 12.4. The Bertz CT molecular complexity index is 633. The van der Waals surface area contributed by atoms with Gasteiger partial charge in [0, 0.05) is 17.0 Å². The highest BCUT2D eigenvalue weighted by Gasteiger charge is 2.08. The summed E-state index contributed by atoms with van der Waals surface area (Å²) in [5.74, 6) is 0.103. The van der Waals surface area contributed by atoms with Crippen molar-refractivity contribution in [3.05, 3.63) is 64.4 Å². The van der Waals surface area contributed by atoms with Crippen LogP contribution in [0.15, 0.2) is 42.5 Å². The zero-order valence-electron chi connectivity index (χ0n) is 10.8. The minimum Gasteiger partial charge on any atom is -0.322 e. The predicted molar refractivity (Wildman–Crippen MR) is 83.0 cm³/mol. The average molecular weight is 310 g/mol. The van der Waals surface area contributed by atoms with Gasteiger partial charge in [-0.15, -0.1) is 0 Å². The number of thioether (sulfide) groups is 1. The summed E-state index contributed by atoms with van der Waals surface area (Å²) in [6, 6.07) is 11.5. The number of hydrogen-bond donors (Lipinski definition) is 1. The normalized spacial score (nSPS) is 10.3. The maximum Gasteiger partial charge on any atom is 0.255 e. The van der Waals surface area contributed by atoms with Gasteiger partial charge in [-0.1, -0.05) is 23.7 Å². The molecule has 0 aliphatic carbocycles. The average Bonchev–Trinajstić information content (AvgIpc) is 2.43. The van der Waals surface area contributed by atoms with E-state index in [0.717, 1.165) is 11.3 Å². The Labute approximate surface area is 126 Å². The maximum absolute atomic E-state index is 13.0. The summed E-state index contributed by atoms with van der Waals surface area (Å²) < 4.78 is 13.0. The van der Waals surface area contributed by atoms with Crippen LogP contribution in [0.1, 0.15) is 15.9 Å². The molecule has 1 amide bonds. The Morgan fingerprint density at radius 3 is 2.80 bits per heavy atom. The lowest BCUT2D eigenvalue weighted by Crippen LogP contribution is -2.12. The third-order valence-electron chi connectivity index (χ3n) is 2.68. The Morgan fingerprint density at radius 1 is 1.30 bits per heavy atom. The fourth-order valence-corrected chi connectivity index (χ4v) is 2.44. The number of anilines is 1. The molecule has 0 unspecified atom stereocenters. The molecule has 0 aromatic heterocycles. The highest BCUT2D eigenvalue weighted by atomic mass is 35.5. The lowest BCUT2D eigenvalue weighted by atomic mass is 10.1. The first-order valence-electron chi connectivity index (χ1n) is 5.94. The largest absolute Gasteiger partial charge is 0.322 e. The summed E-state index contributed by atoms with van der Waals surface area (Å²) in [7, 11) is 0. The van der Waals surface area contributed by atoms with E-state index in [4.69, 9.17) is 11.6 Å².